The molecule has 0 aliphatic carbocycles. The van der Waals surface area contributed by atoms with E-state index in [1.807, 2.05) is 6.20 Å². The predicted octanol–water partition coefficient (Wildman–Crippen LogP) is 1.50. The molecule has 3 rings (SSSR count). The molecule has 2 aromatic rings. The zero-order valence-electron chi connectivity index (χ0n) is 17.2. The minimum absolute atomic E-state index is 0.0306. The number of aromatic amines is 1. The maximum Gasteiger partial charge on any atom is 0.213 e. The Bertz CT molecular complexity index is 955. The molecule has 4 N–H and O–H groups in total. The summed E-state index contributed by atoms with van der Waals surface area (Å²) < 4.78 is 45.8. The quantitative estimate of drug-likeness (QED) is 0.350. The van der Waals surface area contributed by atoms with E-state index in [0.717, 1.165) is 35.7 Å². The molecule has 0 radical (unpaired) electrons. The highest BCUT2D eigenvalue weighted by Gasteiger charge is 2.17. The molecular weight excluding hydrogens is 409 g/mol. The number of benzene rings is 1. The van der Waals surface area contributed by atoms with Crippen molar-refractivity contribution in [1.29, 1.82) is 0 Å². The van der Waals surface area contributed by atoms with Crippen LogP contribution in [0.5, 0.6) is 0 Å². The molecule has 1 fully saturated rings. The van der Waals surface area contributed by atoms with Gasteiger partial charge in [-0.05, 0) is 49.4 Å². The van der Waals surface area contributed by atoms with Gasteiger partial charge in [0.2, 0.25) is 10.0 Å². The van der Waals surface area contributed by atoms with Crippen LogP contribution in [0.2, 0.25) is 0 Å². The van der Waals surface area contributed by atoms with Gasteiger partial charge in [-0.3, -0.25) is 4.99 Å². The number of hydrogen-bond acceptors (Lipinski definition) is 4. The summed E-state index contributed by atoms with van der Waals surface area (Å²) in [5.41, 5.74) is 1.84. The number of halogens is 1. The van der Waals surface area contributed by atoms with Crippen LogP contribution in [0.15, 0.2) is 29.4 Å². The Balaban J connectivity index is 1.37. The second-order valence-electron chi connectivity index (χ2n) is 7.34. The van der Waals surface area contributed by atoms with Crippen LogP contribution in [0.25, 0.3) is 10.9 Å². The normalized spacial score (nSPS) is 17.9. The van der Waals surface area contributed by atoms with Gasteiger partial charge in [0.15, 0.2) is 5.96 Å². The lowest BCUT2D eigenvalue weighted by atomic mass is 10.1. The zero-order chi connectivity index (χ0) is 21.4. The Morgan fingerprint density at radius 1 is 1.30 bits per heavy atom. The van der Waals surface area contributed by atoms with E-state index in [0.29, 0.717) is 32.1 Å². The fraction of sp³-hybridized carbons (Fsp3) is 0.550. The number of nitrogens with one attached hydrogen (secondary N) is 4. The van der Waals surface area contributed by atoms with Gasteiger partial charge in [0, 0.05) is 50.4 Å². The molecule has 1 aromatic heterocycles. The fourth-order valence-corrected chi connectivity index (χ4v) is 4.42. The first-order chi connectivity index (χ1) is 14.5. The number of aliphatic imine (C=N–C) groups is 1. The van der Waals surface area contributed by atoms with E-state index in [-0.39, 0.29) is 24.2 Å². The van der Waals surface area contributed by atoms with Crippen molar-refractivity contribution < 1.29 is 17.5 Å². The number of fused-ring (bicyclic) bond motifs is 1. The number of hydrogen-bond donors (Lipinski definition) is 4. The van der Waals surface area contributed by atoms with Crippen LogP contribution in [-0.4, -0.2) is 64.5 Å². The van der Waals surface area contributed by atoms with Crippen molar-refractivity contribution >= 4 is 26.9 Å². The third-order valence-corrected chi connectivity index (χ3v) is 6.46. The summed E-state index contributed by atoms with van der Waals surface area (Å²) in [4.78, 5) is 7.19. The highest BCUT2D eigenvalue weighted by molar-refractivity contribution is 7.89. The number of nitrogens with zero attached hydrogens (tertiary/aromatic N) is 1. The SMILES string of the molecule is CN=C(NCCc1c[nH]c2cc(F)ccc12)NCCS(=O)(=O)NCC1CCCCO1. The van der Waals surface area contributed by atoms with Crippen LogP contribution < -0.4 is 15.4 Å². The van der Waals surface area contributed by atoms with Crippen molar-refractivity contribution in [1.82, 2.24) is 20.3 Å². The van der Waals surface area contributed by atoms with E-state index in [2.05, 4.69) is 25.3 Å². The summed E-state index contributed by atoms with van der Waals surface area (Å²) in [6, 6.07) is 4.68. The molecule has 0 saturated carbocycles. The summed E-state index contributed by atoms with van der Waals surface area (Å²) in [5.74, 6) is 0.218. The minimum Gasteiger partial charge on any atom is -0.377 e. The Kier molecular flexibility index (Phi) is 8.06. The molecule has 1 atom stereocenters. The van der Waals surface area contributed by atoms with Gasteiger partial charge in [-0.1, -0.05) is 0 Å². The summed E-state index contributed by atoms with van der Waals surface area (Å²) in [6.07, 6.45) is 5.56. The van der Waals surface area contributed by atoms with Crippen molar-refractivity contribution in [3.05, 3.63) is 35.8 Å². The third-order valence-electron chi connectivity index (χ3n) is 5.11. The Labute approximate surface area is 176 Å². The number of sulfonamides is 1. The summed E-state index contributed by atoms with van der Waals surface area (Å²) in [7, 11) is -1.74. The van der Waals surface area contributed by atoms with E-state index < -0.39 is 10.0 Å². The topological polar surface area (TPSA) is 108 Å². The number of aromatic nitrogens is 1. The predicted molar refractivity (Wildman–Crippen MR) is 117 cm³/mol. The largest absolute Gasteiger partial charge is 0.377 e. The molecule has 2 heterocycles. The monoisotopic (exact) mass is 439 g/mol. The van der Waals surface area contributed by atoms with Crippen LogP contribution in [0.1, 0.15) is 24.8 Å². The van der Waals surface area contributed by atoms with Crippen LogP contribution in [0.3, 0.4) is 0 Å². The lowest BCUT2D eigenvalue weighted by Gasteiger charge is -2.22. The standard InChI is InChI=1S/C20H30FN5O3S/c1-22-20(23-8-7-15-13-25-19-12-16(21)5-6-18(15)19)24-9-11-30(27,28)26-14-17-4-2-3-10-29-17/h5-6,12-13,17,25-26H,2-4,7-11,14H2,1H3,(H2,22,23,24). The van der Waals surface area contributed by atoms with E-state index in [4.69, 9.17) is 4.74 Å². The smallest absolute Gasteiger partial charge is 0.213 e. The molecule has 0 amide bonds. The van der Waals surface area contributed by atoms with Gasteiger partial charge in [0.25, 0.3) is 0 Å². The van der Waals surface area contributed by atoms with Gasteiger partial charge in [-0.2, -0.15) is 0 Å². The lowest BCUT2D eigenvalue weighted by molar-refractivity contribution is 0.0200. The van der Waals surface area contributed by atoms with Crippen molar-refractivity contribution in [3.8, 4) is 0 Å². The summed E-state index contributed by atoms with van der Waals surface area (Å²) >= 11 is 0. The van der Waals surface area contributed by atoms with Gasteiger partial charge in [0.1, 0.15) is 5.82 Å². The van der Waals surface area contributed by atoms with E-state index in [9.17, 15) is 12.8 Å². The van der Waals surface area contributed by atoms with E-state index >= 15 is 0 Å². The molecule has 30 heavy (non-hydrogen) atoms. The summed E-state index contributed by atoms with van der Waals surface area (Å²) in [5, 5.41) is 7.18. The first-order valence-corrected chi connectivity index (χ1v) is 11.9. The van der Waals surface area contributed by atoms with Crippen LogP contribution in [0, 0.1) is 5.82 Å². The lowest BCUT2D eigenvalue weighted by Crippen LogP contribution is -2.43. The minimum atomic E-state index is -3.38. The number of guanidine groups is 1. The van der Waals surface area contributed by atoms with Gasteiger partial charge in [-0.15, -0.1) is 0 Å². The molecule has 1 saturated heterocycles. The first-order valence-electron chi connectivity index (χ1n) is 10.3. The Morgan fingerprint density at radius 3 is 2.90 bits per heavy atom. The molecular formula is C20H30FN5O3S. The van der Waals surface area contributed by atoms with Crippen molar-refractivity contribution in [2.24, 2.45) is 4.99 Å². The van der Waals surface area contributed by atoms with Gasteiger partial charge in [-0.25, -0.2) is 17.5 Å². The van der Waals surface area contributed by atoms with Crippen LogP contribution in [-0.2, 0) is 21.2 Å². The molecule has 8 nitrogen and oxygen atoms in total. The van der Waals surface area contributed by atoms with Gasteiger partial charge < -0.3 is 20.4 Å². The molecule has 166 valence electrons. The van der Waals surface area contributed by atoms with Gasteiger partial charge >= 0.3 is 0 Å². The number of H-pyrrole nitrogens is 1. The molecule has 1 aliphatic rings. The summed E-state index contributed by atoms with van der Waals surface area (Å²) in [6.45, 7) is 1.87. The maximum atomic E-state index is 13.3. The van der Waals surface area contributed by atoms with Crippen molar-refractivity contribution in [3.63, 3.8) is 0 Å². The third kappa shape index (κ3) is 6.68. The molecule has 1 unspecified atom stereocenters. The molecule has 10 heteroatoms. The van der Waals surface area contributed by atoms with Crippen LogP contribution in [0.4, 0.5) is 4.39 Å². The van der Waals surface area contributed by atoms with Gasteiger partial charge in [0.05, 0.1) is 11.9 Å². The number of ether oxygens (including phenoxy) is 1. The number of rotatable bonds is 9. The molecule has 1 aromatic carbocycles. The average Bonchev–Trinajstić information content (AvgIpc) is 3.14. The second kappa shape index (κ2) is 10.7. The molecule has 1 aliphatic heterocycles. The highest BCUT2D eigenvalue weighted by atomic mass is 32.2. The average molecular weight is 440 g/mol. The maximum absolute atomic E-state index is 13.3. The Morgan fingerprint density at radius 2 is 2.13 bits per heavy atom. The van der Waals surface area contributed by atoms with E-state index in [1.54, 1.807) is 13.1 Å². The molecule has 0 bridgehead atoms. The Hall–Kier alpha value is -2.17. The first kappa shape index (κ1) is 22.5. The molecule has 0 spiro atoms. The fourth-order valence-electron chi connectivity index (χ4n) is 3.47. The van der Waals surface area contributed by atoms with E-state index in [1.165, 1.54) is 12.1 Å². The van der Waals surface area contributed by atoms with Crippen LogP contribution >= 0.6 is 0 Å². The zero-order valence-corrected chi connectivity index (χ0v) is 18.0. The van der Waals surface area contributed by atoms with Crippen molar-refractivity contribution in [2.45, 2.75) is 31.8 Å². The second-order valence-corrected chi connectivity index (χ2v) is 9.26. The highest BCUT2D eigenvalue weighted by Crippen LogP contribution is 2.19. The van der Waals surface area contributed by atoms with Crippen molar-refractivity contribution in [2.75, 3.05) is 39.0 Å².